The van der Waals surface area contributed by atoms with E-state index in [1.807, 2.05) is 0 Å². The van der Waals surface area contributed by atoms with Gasteiger partial charge in [0.05, 0.1) is 10.5 Å². The van der Waals surface area contributed by atoms with Gasteiger partial charge in [-0.2, -0.15) is 0 Å². The molecule has 8 nitrogen and oxygen atoms in total. The van der Waals surface area contributed by atoms with Crippen molar-refractivity contribution in [1.29, 1.82) is 0 Å². The second kappa shape index (κ2) is 5.78. The number of nitro benzene ring substituents is 1. The van der Waals surface area contributed by atoms with E-state index in [9.17, 15) is 19.7 Å². The molecule has 0 aromatic heterocycles. The second-order valence-corrected chi connectivity index (χ2v) is 4.90. The van der Waals surface area contributed by atoms with E-state index in [2.05, 4.69) is 5.32 Å². The van der Waals surface area contributed by atoms with Gasteiger partial charge >= 0.3 is 5.97 Å². The van der Waals surface area contributed by atoms with Crippen molar-refractivity contribution in [3.8, 4) is 0 Å². The predicted molar refractivity (Wildman–Crippen MR) is 74.5 cm³/mol. The molecule has 21 heavy (non-hydrogen) atoms. The molecular formula is C13H15N3O5. The number of amides is 1. The number of carbonyl (C=O) groups excluding carboxylic acids is 1. The van der Waals surface area contributed by atoms with Gasteiger partial charge in [0.2, 0.25) is 5.91 Å². The third-order valence-electron chi connectivity index (χ3n) is 3.36. The Hall–Kier alpha value is -2.64. The monoisotopic (exact) mass is 293 g/mol. The smallest absolute Gasteiger partial charge is 0.335 e. The fourth-order valence-electron chi connectivity index (χ4n) is 2.45. The number of nitrogens with one attached hydrogen (secondary N) is 1. The highest BCUT2D eigenvalue weighted by Crippen LogP contribution is 2.31. The summed E-state index contributed by atoms with van der Waals surface area (Å²) < 4.78 is 0. The summed E-state index contributed by atoms with van der Waals surface area (Å²) in [7, 11) is 0. The number of nitrogens with zero attached hydrogens (tertiary/aromatic N) is 2. The molecule has 1 fully saturated rings. The van der Waals surface area contributed by atoms with Crippen molar-refractivity contribution in [2.45, 2.75) is 19.4 Å². The maximum Gasteiger partial charge on any atom is 0.335 e. The predicted octanol–water partition coefficient (Wildman–Crippen LogP) is 1.01. The van der Waals surface area contributed by atoms with Crippen LogP contribution in [-0.4, -0.2) is 41.0 Å². The van der Waals surface area contributed by atoms with Crippen LogP contribution in [0, 0.1) is 10.1 Å². The minimum Gasteiger partial charge on any atom is -0.478 e. The average molecular weight is 293 g/mol. The van der Waals surface area contributed by atoms with Gasteiger partial charge < -0.3 is 15.3 Å². The summed E-state index contributed by atoms with van der Waals surface area (Å²) in [4.78, 5) is 34.3. The van der Waals surface area contributed by atoms with Crippen molar-refractivity contribution >= 4 is 23.3 Å². The summed E-state index contributed by atoms with van der Waals surface area (Å²) in [6, 6.07) is 3.63. The molecule has 2 rings (SSSR count). The van der Waals surface area contributed by atoms with E-state index in [4.69, 9.17) is 5.11 Å². The van der Waals surface area contributed by atoms with Crippen LogP contribution in [0.2, 0.25) is 0 Å². The van der Waals surface area contributed by atoms with E-state index in [1.165, 1.54) is 25.1 Å². The van der Waals surface area contributed by atoms with E-state index in [-0.39, 0.29) is 28.9 Å². The normalized spacial score (nSPS) is 17.6. The lowest BCUT2D eigenvalue weighted by Crippen LogP contribution is -2.35. The Morgan fingerprint density at radius 3 is 2.76 bits per heavy atom. The fraction of sp³-hybridized carbons (Fsp3) is 0.385. The van der Waals surface area contributed by atoms with Gasteiger partial charge in [-0.15, -0.1) is 0 Å². The maximum absolute atomic E-state index is 11.1. The lowest BCUT2D eigenvalue weighted by molar-refractivity contribution is -0.384. The van der Waals surface area contributed by atoms with E-state index in [0.29, 0.717) is 19.5 Å². The first-order valence-corrected chi connectivity index (χ1v) is 6.42. The zero-order chi connectivity index (χ0) is 15.6. The number of benzene rings is 1. The Morgan fingerprint density at radius 2 is 2.19 bits per heavy atom. The van der Waals surface area contributed by atoms with Crippen LogP contribution in [0.4, 0.5) is 11.4 Å². The summed E-state index contributed by atoms with van der Waals surface area (Å²) in [5.41, 5.74) is 0.134. The number of carbonyl (C=O) groups is 2. The molecule has 1 aromatic carbocycles. The maximum atomic E-state index is 11.1. The molecule has 112 valence electrons. The molecule has 1 aromatic rings. The van der Waals surface area contributed by atoms with Crippen molar-refractivity contribution in [1.82, 2.24) is 5.32 Å². The van der Waals surface area contributed by atoms with Crippen molar-refractivity contribution < 1.29 is 19.6 Å². The van der Waals surface area contributed by atoms with E-state index in [1.54, 1.807) is 4.90 Å². The first kappa shape index (κ1) is 14.8. The van der Waals surface area contributed by atoms with Crippen LogP contribution in [-0.2, 0) is 4.79 Å². The SMILES string of the molecule is CC(=O)NC1CCN(c2cc(C(=O)O)ccc2[N+](=O)[O-])C1. The van der Waals surface area contributed by atoms with Crippen molar-refractivity contribution in [2.24, 2.45) is 0 Å². The molecule has 0 aliphatic carbocycles. The Bertz CT molecular complexity index is 601. The van der Waals surface area contributed by atoms with Gasteiger partial charge in [0.15, 0.2) is 0 Å². The molecule has 1 aliphatic heterocycles. The quantitative estimate of drug-likeness (QED) is 0.632. The van der Waals surface area contributed by atoms with Crippen LogP contribution < -0.4 is 10.2 Å². The summed E-state index contributed by atoms with van der Waals surface area (Å²) in [6.07, 6.45) is 0.661. The number of aromatic carboxylic acids is 1. The molecule has 8 heteroatoms. The molecule has 0 radical (unpaired) electrons. The Balaban J connectivity index is 2.29. The van der Waals surface area contributed by atoms with Gasteiger partial charge in [0.1, 0.15) is 5.69 Å². The minimum atomic E-state index is -1.14. The number of nitro groups is 1. The molecule has 1 heterocycles. The molecule has 1 amide bonds. The minimum absolute atomic E-state index is 0.00132. The average Bonchev–Trinajstić information content (AvgIpc) is 2.85. The molecule has 0 bridgehead atoms. The summed E-state index contributed by atoms with van der Waals surface area (Å²) in [5.74, 6) is -1.29. The lowest BCUT2D eigenvalue weighted by Gasteiger charge is -2.19. The molecule has 1 aliphatic rings. The van der Waals surface area contributed by atoms with Crippen LogP contribution in [0.1, 0.15) is 23.7 Å². The number of anilines is 1. The molecule has 1 unspecified atom stereocenters. The summed E-state index contributed by atoms with van der Waals surface area (Å²) in [5, 5.41) is 22.8. The lowest BCUT2D eigenvalue weighted by atomic mass is 10.1. The highest BCUT2D eigenvalue weighted by molar-refractivity contribution is 5.90. The molecular weight excluding hydrogens is 278 g/mol. The first-order chi connectivity index (χ1) is 9.88. The number of hydrogen-bond acceptors (Lipinski definition) is 5. The van der Waals surface area contributed by atoms with Gasteiger partial charge in [-0.3, -0.25) is 14.9 Å². The van der Waals surface area contributed by atoms with Crippen molar-refractivity contribution in [3.05, 3.63) is 33.9 Å². The molecule has 1 atom stereocenters. The van der Waals surface area contributed by atoms with Gasteiger partial charge in [-0.25, -0.2) is 4.79 Å². The van der Waals surface area contributed by atoms with Crippen LogP contribution in [0.15, 0.2) is 18.2 Å². The Labute approximate surface area is 120 Å². The summed E-state index contributed by atoms with van der Waals surface area (Å²) >= 11 is 0. The van der Waals surface area contributed by atoms with E-state index < -0.39 is 10.9 Å². The molecule has 1 saturated heterocycles. The summed E-state index contributed by atoms with van der Waals surface area (Å²) in [6.45, 7) is 2.36. The zero-order valence-corrected chi connectivity index (χ0v) is 11.4. The highest BCUT2D eigenvalue weighted by Gasteiger charge is 2.28. The van der Waals surface area contributed by atoms with Crippen LogP contribution in [0.25, 0.3) is 0 Å². The van der Waals surface area contributed by atoms with Gasteiger partial charge in [-0.05, 0) is 18.6 Å². The number of hydrogen-bond donors (Lipinski definition) is 2. The standard InChI is InChI=1S/C13H15N3O5/c1-8(17)14-10-4-5-15(7-10)12-6-9(13(18)19)2-3-11(12)16(20)21/h2-3,6,10H,4-5,7H2,1H3,(H,14,17)(H,18,19). The molecule has 0 saturated carbocycles. The third-order valence-corrected chi connectivity index (χ3v) is 3.36. The zero-order valence-electron chi connectivity index (χ0n) is 11.4. The van der Waals surface area contributed by atoms with Crippen LogP contribution >= 0.6 is 0 Å². The van der Waals surface area contributed by atoms with Gasteiger partial charge in [-0.1, -0.05) is 0 Å². The van der Waals surface area contributed by atoms with Gasteiger partial charge in [0.25, 0.3) is 5.69 Å². The van der Waals surface area contributed by atoms with Crippen LogP contribution in [0.3, 0.4) is 0 Å². The van der Waals surface area contributed by atoms with Crippen molar-refractivity contribution in [2.75, 3.05) is 18.0 Å². The topological polar surface area (TPSA) is 113 Å². The number of rotatable bonds is 4. The van der Waals surface area contributed by atoms with E-state index in [0.717, 1.165) is 0 Å². The fourth-order valence-corrected chi connectivity index (χ4v) is 2.45. The molecule has 2 N–H and O–H groups in total. The van der Waals surface area contributed by atoms with Crippen molar-refractivity contribution in [3.63, 3.8) is 0 Å². The Morgan fingerprint density at radius 1 is 1.48 bits per heavy atom. The first-order valence-electron chi connectivity index (χ1n) is 6.42. The highest BCUT2D eigenvalue weighted by atomic mass is 16.6. The van der Waals surface area contributed by atoms with Gasteiger partial charge in [0, 0.05) is 32.1 Å². The number of carboxylic acids is 1. The van der Waals surface area contributed by atoms with E-state index >= 15 is 0 Å². The largest absolute Gasteiger partial charge is 0.478 e. The second-order valence-electron chi connectivity index (χ2n) is 4.90. The van der Waals surface area contributed by atoms with Crippen LogP contribution in [0.5, 0.6) is 0 Å². The molecule has 0 spiro atoms. The Kier molecular flexibility index (Phi) is 4.06. The third kappa shape index (κ3) is 3.28. The number of carboxylic acid groups (broad SMARTS) is 1.